The third kappa shape index (κ3) is 2.68. The van der Waals surface area contributed by atoms with Gasteiger partial charge in [-0.05, 0) is 26.2 Å². The zero-order valence-corrected chi connectivity index (χ0v) is 9.78. The number of aromatic nitrogens is 1. The van der Waals surface area contributed by atoms with Gasteiger partial charge in [-0.3, -0.25) is 5.32 Å². The van der Waals surface area contributed by atoms with Gasteiger partial charge in [0.25, 0.3) is 0 Å². The van der Waals surface area contributed by atoms with Crippen LogP contribution in [0.5, 0.6) is 0 Å². The van der Waals surface area contributed by atoms with Crippen LogP contribution < -0.4 is 10.6 Å². The first-order valence-electron chi connectivity index (χ1n) is 5.23. The molecule has 2 rings (SSSR count). The summed E-state index contributed by atoms with van der Waals surface area (Å²) in [6.07, 6.45) is 3.11. The Balaban J connectivity index is 1.93. The predicted molar refractivity (Wildman–Crippen MR) is 61.4 cm³/mol. The highest BCUT2D eigenvalue weighted by Gasteiger charge is 2.23. The van der Waals surface area contributed by atoms with Gasteiger partial charge in [0.05, 0.1) is 5.69 Å². The van der Waals surface area contributed by atoms with Gasteiger partial charge < -0.3 is 5.32 Å². The molecule has 4 nitrogen and oxygen atoms in total. The van der Waals surface area contributed by atoms with Crippen LogP contribution in [0.4, 0.5) is 9.93 Å². The van der Waals surface area contributed by atoms with E-state index < -0.39 is 0 Å². The Morgan fingerprint density at radius 1 is 1.60 bits per heavy atom. The third-order valence-electron chi connectivity index (χ3n) is 2.36. The van der Waals surface area contributed by atoms with Crippen molar-refractivity contribution in [2.24, 2.45) is 0 Å². The number of aryl methyl sites for hydroxylation is 2. The van der Waals surface area contributed by atoms with Gasteiger partial charge in [0.15, 0.2) is 5.13 Å². The van der Waals surface area contributed by atoms with E-state index in [-0.39, 0.29) is 6.03 Å². The average Bonchev–Trinajstić information content (AvgIpc) is 2.90. The highest BCUT2D eigenvalue weighted by molar-refractivity contribution is 7.15. The molecule has 0 saturated heterocycles. The standard InChI is InChI=1S/C10H15N3OS/c1-3-8-6(2)15-10(12-8)13-9(14)11-7-4-5-7/h7H,3-5H2,1-2H3,(H2,11,12,13,14). The monoisotopic (exact) mass is 225 g/mol. The molecule has 5 heteroatoms. The molecule has 0 unspecified atom stereocenters. The lowest BCUT2D eigenvalue weighted by molar-refractivity contribution is 0.251. The van der Waals surface area contributed by atoms with Crippen molar-refractivity contribution in [3.8, 4) is 0 Å². The molecule has 0 atom stereocenters. The Morgan fingerprint density at radius 3 is 2.87 bits per heavy atom. The first kappa shape index (κ1) is 10.4. The molecule has 0 spiro atoms. The summed E-state index contributed by atoms with van der Waals surface area (Å²) < 4.78 is 0. The average molecular weight is 225 g/mol. The van der Waals surface area contributed by atoms with Crippen LogP contribution in [0.15, 0.2) is 0 Å². The molecular formula is C10H15N3OS. The van der Waals surface area contributed by atoms with Gasteiger partial charge >= 0.3 is 6.03 Å². The molecule has 0 bridgehead atoms. The van der Waals surface area contributed by atoms with Gasteiger partial charge in [-0.1, -0.05) is 6.92 Å². The fraction of sp³-hybridized carbons (Fsp3) is 0.600. The van der Waals surface area contributed by atoms with E-state index in [1.165, 1.54) is 16.2 Å². The number of anilines is 1. The predicted octanol–water partition coefficient (Wildman–Crippen LogP) is 2.30. The Morgan fingerprint density at radius 2 is 2.33 bits per heavy atom. The van der Waals surface area contributed by atoms with Gasteiger partial charge in [-0.25, -0.2) is 9.78 Å². The van der Waals surface area contributed by atoms with Crippen molar-refractivity contribution < 1.29 is 4.79 Å². The minimum absolute atomic E-state index is 0.131. The smallest absolute Gasteiger partial charge is 0.321 e. The lowest BCUT2D eigenvalue weighted by atomic mass is 10.3. The Hall–Kier alpha value is -1.10. The van der Waals surface area contributed by atoms with Crippen LogP contribution >= 0.6 is 11.3 Å². The zero-order chi connectivity index (χ0) is 10.8. The largest absolute Gasteiger partial charge is 0.335 e. The zero-order valence-electron chi connectivity index (χ0n) is 8.96. The number of carbonyl (C=O) groups is 1. The fourth-order valence-electron chi connectivity index (χ4n) is 1.36. The number of urea groups is 1. The van der Waals surface area contributed by atoms with Crippen LogP contribution in [0, 0.1) is 6.92 Å². The van der Waals surface area contributed by atoms with Crippen LogP contribution in [-0.4, -0.2) is 17.1 Å². The minimum atomic E-state index is -0.131. The second-order valence-electron chi connectivity index (χ2n) is 3.75. The molecule has 1 saturated carbocycles. The molecule has 1 aliphatic carbocycles. The number of rotatable bonds is 3. The summed E-state index contributed by atoms with van der Waals surface area (Å²) in [6.45, 7) is 4.09. The summed E-state index contributed by atoms with van der Waals surface area (Å²) in [6, 6.07) is 0.255. The summed E-state index contributed by atoms with van der Waals surface area (Å²) in [7, 11) is 0. The summed E-state index contributed by atoms with van der Waals surface area (Å²) in [5.74, 6) is 0. The number of hydrogen-bond acceptors (Lipinski definition) is 3. The number of amides is 2. The number of nitrogens with one attached hydrogen (secondary N) is 2. The molecule has 2 amide bonds. The van der Waals surface area contributed by atoms with Gasteiger partial charge in [-0.2, -0.15) is 0 Å². The number of hydrogen-bond donors (Lipinski definition) is 2. The second kappa shape index (κ2) is 4.18. The second-order valence-corrected chi connectivity index (χ2v) is 4.95. The Labute approximate surface area is 93.1 Å². The van der Waals surface area contributed by atoms with Crippen molar-refractivity contribution in [2.45, 2.75) is 39.2 Å². The van der Waals surface area contributed by atoms with Crippen LogP contribution in [0.1, 0.15) is 30.3 Å². The van der Waals surface area contributed by atoms with Crippen molar-refractivity contribution in [3.63, 3.8) is 0 Å². The molecule has 1 fully saturated rings. The quantitative estimate of drug-likeness (QED) is 0.829. The van der Waals surface area contributed by atoms with Crippen LogP contribution in [0.25, 0.3) is 0 Å². The molecule has 1 aromatic heterocycles. The lowest BCUT2D eigenvalue weighted by Gasteiger charge is -2.02. The first-order chi connectivity index (χ1) is 7.19. The van der Waals surface area contributed by atoms with Crippen molar-refractivity contribution in [2.75, 3.05) is 5.32 Å². The van der Waals surface area contributed by atoms with E-state index in [0.29, 0.717) is 11.2 Å². The van der Waals surface area contributed by atoms with Gasteiger partial charge in [-0.15, -0.1) is 11.3 Å². The number of carbonyl (C=O) groups excluding carboxylic acids is 1. The molecule has 2 N–H and O–H groups in total. The van der Waals surface area contributed by atoms with E-state index in [9.17, 15) is 4.79 Å². The van der Waals surface area contributed by atoms with Gasteiger partial charge in [0, 0.05) is 10.9 Å². The van der Waals surface area contributed by atoms with Crippen LogP contribution in [0.2, 0.25) is 0 Å². The van der Waals surface area contributed by atoms with E-state index in [0.717, 1.165) is 25.0 Å². The highest BCUT2D eigenvalue weighted by atomic mass is 32.1. The lowest BCUT2D eigenvalue weighted by Crippen LogP contribution is -2.30. The van der Waals surface area contributed by atoms with Crippen molar-refractivity contribution in [1.29, 1.82) is 0 Å². The molecule has 0 radical (unpaired) electrons. The summed E-state index contributed by atoms with van der Waals surface area (Å²) in [5, 5.41) is 6.33. The summed E-state index contributed by atoms with van der Waals surface area (Å²) >= 11 is 1.53. The van der Waals surface area contributed by atoms with Crippen LogP contribution in [-0.2, 0) is 6.42 Å². The molecule has 15 heavy (non-hydrogen) atoms. The third-order valence-corrected chi connectivity index (χ3v) is 3.29. The number of thiazole rings is 1. The SMILES string of the molecule is CCc1nc(NC(=O)NC2CC2)sc1C. The van der Waals surface area contributed by atoms with Crippen molar-refractivity contribution >= 4 is 22.5 Å². The fourth-order valence-corrected chi connectivity index (χ4v) is 2.25. The minimum Gasteiger partial charge on any atom is -0.335 e. The maximum absolute atomic E-state index is 11.4. The molecular weight excluding hydrogens is 210 g/mol. The molecule has 1 aliphatic rings. The van der Waals surface area contributed by atoms with E-state index in [1.54, 1.807) is 0 Å². The molecule has 0 aliphatic heterocycles. The van der Waals surface area contributed by atoms with E-state index in [1.807, 2.05) is 6.92 Å². The highest BCUT2D eigenvalue weighted by Crippen LogP contribution is 2.23. The Kier molecular flexibility index (Phi) is 2.90. The molecule has 82 valence electrons. The van der Waals surface area contributed by atoms with Crippen molar-refractivity contribution in [3.05, 3.63) is 10.6 Å². The summed E-state index contributed by atoms with van der Waals surface area (Å²) in [5.41, 5.74) is 1.07. The van der Waals surface area contributed by atoms with Crippen molar-refractivity contribution in [1.82, 2.24) is 10.3 Å². The Bertz CT molecular complexity index is 371. The van der Waals surface area contributed by atoms with E-state index in [4.69, 9.17) is 0 Å². The van der Waals surface area contributed by atoms with E-state index >= 15 is 0 Å². The molecule has 0 aromatic carbocycles. The van der Waals surface area contributed by atoms with Gasteiger partial charge in [0.2, 0.25) is 0 Å². The molecule has 1 heterocycles. The maximum Gasteiger partial charge on any atom is 0.321 e. The maximum atomic E-state index is 11.4. The topological polar surface area (TPSA) is 54.0 Å². The molecule has 1 aromatic rings. The first-order valence-corrected chi connectivity index (χ1v) is 6.04. The normalized spacial score (nSPS) is 15.1. The summed E-state index contributed by atoms with van der Waals surface area (Å²) in [4.78, 5) is 16.9. The number of nitrogens with zero attached hydrogens (tertiary/aromatic N) is 1. The van der Waals surface area contributed by atoms with Crippen LogP contribution in [0.3, 0.4) is 0 Å². The van der Waals surface area contributed by atoms with E-state index in [2.05, 4.69) is 22.5 Å². The van der Waals surface area contributed by atoms with Gasteiger partial charge in [0.1, 0.15) is 0 Å².